The molecule has 1 fully saturated rings. The van der Waals surface area contributed by atoms with Crippen LogP contribution < -0.4 is 0 Å². The summed E-state index contributed by atoms with van der Waals surface area (Å²) in [5.74, 6) is 6.24. The number of piperidine rings is 1. The standard InChI is InChI=1S/C18H31NO3/c1-5-6-7-8-9-10-11-18(21)12-14-19(15-13-18)16(20)22-17(2,3)4/h21H,5-8,11-15H2,1-4H3. The molecule has 1 amide bonds. The number of carbonyl (C=O) groups excluding carboxylic acids is 1. The van der Waals surface area contributed by atoms with Crippen molar-refractivity contribution in [3.8, 4) is 11.8 Å². The second-order valence-electron chi connectivity index (χ2n) is 7.18. The maximum atomic E-state index is 12.0. The van der Waals surface area contributed by atoms with Gasteiger partial charge in [0.05, 0.1) is 5.60 Å². The molecule has 1 N–H and O–H groups in total. The molecular weight excluding hydrogens is 278 g/mol. The molecule has 126 valence electrons. The molecule has 4 nitrogen and oxygen atoms in total. The summed E-state index contributed by atoms with van der Waals surface area (Å²) in [7, 11) is 0. The number of carbonyl (C=O) groups is 1. The van der Waals surface area contributed by atoms with E-state index in [2.05, 4.69) is 18.8 Å². The van der Waals surface area contributed by atoms with E-state index in [0.717, 1.165) is 12.8 Å². The lowest BCUT2D eigenvalue weighted by molar-refractivity contribution is -0.0289. The van der Waals surface area contributed by atoms with E-state index in [0.29, 0.717) is 32.4 Å². The van der Waals surface area contributed by atoms with Crippen molar-refractivity contribution in [1.82, 2.24) is 4.90 Å². The Labute approximate surface area is 135 Å². The number of hydrogen-bond acceptors (Lipinski definition) is 3. The lowest BCUT2D eigenvalue weighted by Crippen LogP contribution is -2.47. The van der Waals surface area contributed by atoms with Crippen molar-refractivity contribution in [3.05, 3.63) is 0 Å². The van der Waals surface area contributed by atoms with Gasteiger partial charge in [0.15, 0.2) is 0 Å². The molecule has 1 saturated heterocycles. The fourth-order valence-corrected chi connectivity index (χ4v) is 2.39. The fraction of sp³-hybridized carbons (Fsp3) is 0.833. The van der Waals surface area contributed by atoms with Crippen LogP contribution in [0.3, 0.4) is 0 Å². The van der Waals surface area contributed by atoms with Gasteiger partial charge >= 0.3 is 6.09 Å². The number of hydrogen-bond donors (Lipinski definition) is 1. The number of aliphatic hydroxyl groups is 1. The average molecular weight is 309 g/mol. The third kappa shape index (κ3) is 7.17. The molecule has 0 spiro atoms. The molecular formula is C18H31NO3. The highest BCUT2D eigenvalue weighted by Crippen LogP contribution is 2.26. The SMILES string of the molecule is CCCCCC#CCC1(O)CCN(C(=O)OC(C)(C)C)CC1. The first-order chi connectivity index (χ1) is 10.3. The van der Waals surface area contributed by atoms with Crippen LogP contribution in [0.2, 0.25) is 0 Å². The van der Waals surface area contributed by atoms with Gasteiger partial charge in [-0.1, -0.05) is 19.8 Å². The van der Waals surface area contributed by atoms with Crippen LogP contribution in [0.15, 0.2) is 0 Å². The van der Waals surface area contributed by atoms with Crippen LogP contribution in [0.5, 0.6) is 0 Å². The highest BCUT2D eigenvalue weighted by molar-refractivity contribution is 5.68. The minimum Gasteiger partial charge on any atom is -0.444 e. The summed E-state index contributed by atoms with van der Waals surface area (Å²) in [6.45, 7) is 8.82. The number of amides is 1. The van der Waals surface area contributed by atoms with Crippen LogP contribution in [0.1, 0.15) is 72.6 Å². The molecule has 0 radical (unpaired) electrons. The van der Waals surface area contributed by atoms with Crippen LogP contribution in [0.25, 0.3) is 0 Å². The quantitative estimate of drug-likeness (QED) is 0.636. The van der Waals surface area contributed by atoms with Crippen molar-refractivity contribution in [2.75, 3.05) is 13.1 Å². The fourth-order valence-electron chi connectivity index (χ4n) is 2.39. The molecule has 1 aliphatic heterocycles. The number of likely N-dealkylation sites (tertiary alicyclic amines) is 1. The third-order valence-corrected chi connectivity index (χ3v) is 3.79. The Balaban J connectivity index is 2.35. The van der Waals surface area contributed by atoms with Gasteiger partial charge in [-0.2, -0.15) is 0 Å². The Bertz CT molecular complexity index is 406. The van der Waals surface area contributed by atoms with Crippen molar-refractivity contribution in [2.24, 2.45) is 0 Å². The maximum Gasteiger partial charge on any atom is 0.410 e. The predicted molar refractivity (Wildman–Crippen MR) is 88.5 cm³/mol. The molecule has 0 saturated carbocycles. The van der Waals surface area contributed by atoms with Crippen molar-refractivity contribution < 1.29 is 14.6 Å². The first-order valence-electron chi connectivity index (χ1n) is 8.42. The van der Waals surface area contributed by atoms with Crippen LogP contribution in [-0.2, 0) is 4.74 Å². The van der Waals surface area contributed by atoms with E-state index in [1.165, 1.54) is 12.8 Å². The van der Waals surface area contributed by atoms with Gasteiger partial charge in [0.1, 0.15) is 5.60 Å². The molecule has 4 heteroatoms. The lowest BCUT2D eigenvalue weighted by Gasteiger charge is -2.37. The Morgan fingerprint density at radius 2 is 1.86 bits per heavy atom. The molecule has 0 aromatic carbocycles. The molecule has 0 bridgehead atoms. The predicted octanol–water partition coefficient (Wildman–Crippen LogP) is 3.72. The molecule has 1 heterocycles. The van der Waals surface area contributed by atoms with Crippen molar-refractivity contribution in [1.29, 1.82) is 0 Å². The normalized spacial score (nSPS) is 17.6. The summed E-state index contributed by atoms with van der Waals surface area (Å²) >= 11 is 0. The zero-order valence-corrected chi connectivity index (χ0v) is 14.6. The Kier molecular flexibility index (Phi) is 7.22. The summed E-state index contributed by atoms with van der Waals surface area (Å²) in [6.07, 6.45) is 5.80. The van der Waals surface area contributed by atoms with E-state index in [4.69, 9.17) is 4.74 Å². The van der Waals surface area contributed by atoms with E-state index in [1.807, 2.05) is 20.8 Å². The van der Waals surface area contributed by atoms with E-state index in [-0.39, 0.29) is 6.09 Å². The molecule has 0 atom stereocenters. The minimum absolute atomic E-state index is 0.291. The van der Waals surface area contributed by atoms with Gasteiger partial charge in [-0.25, -0.2) is 4.79 Å². The largest absolute Gasteiger partial charge is 0.444 e. The molecule has 22 heavy (non-hydrogen) atoms. The van der Waals surface area contributed by atoms with Crippen molar-refractivity contribution in [3.63, 3.8) is 0 Å². The highest BCUT2D eigenvalue weighted by atomic mass is 16.6. The highest BCUT2D eigenvalue weighted by Gasteiger charge is 2.34. The van der Waals surface area contributed by atoms with E-state index in [1.54, 1.807) is 4.90 Å². The number of ether oxygens (including phenoxy) is 1. The van der Waals surface area contributed by atoms with Gasteiger partial charge in [0.25, 0.3) is 0 Å². The summed E-state index contributed by atoms with van der Waals surface area (Å²) in [4.78, 5) is 13.7. The molecule has 0 aliphatic carbocycles. The second-order valence-corrected chi connectivity index (χ2v) is 7.18. The molecule has 0 aromatic heterocycles. The van der Waals surface area contributed by atoms with Crippen LogP contribution >= 0.6 is 0 Å². The third-order valence-electron chi connectivity index (χ3n) is 3.79. The van der Waals surface area contributed by atoms with Gasteiger partial charge in [0, 0.05) is 25.9 Å². The van der Waals surface area contributed by atoms with E-state index in [9.17, 15) is 9.90 Å². The zero-order valence-electron chi connectivity index (χ0n) is 14.6. The smallest absolute Gasteiger partial charge is 0.410 e. The summed E-state index contributed by atoms with van der Waals surface area (Å²) in [5.41, 5.74) is -1.23. The first kappa shape index (κ1) is 18.8. The first-order valence-corrected chi connectivity index (χ1v) is 8.42. The maximum absolute atomic E-state index is 12.0. The summed E-state index contributed by atoms with van der Waals surface area (Å²) < 4.78 is 5.36. The van der Waals surface area contributed by atoms with Crippen LogP contribution in [0, 0.1) is 11.8 Å². The lowest BCUT2D eigenvalue weighted by atomic mass is 9.88. The number of rotatable bonds is 4. The Morgan fingerprint density at radius 1 is 1.23 bits per heavy atom. The molecule has 1 aliphatic rings. The van der Waals surface area contributed by atoms with Crippen molar-refractivity contribution >= 4 is 6.09 Å². The van der Waals surface area contributed by atoms with Crippen LogP contribution in [0.4, 0.5) is 4.79 Å². The van der Waals surface area contributed by atoms with E-state index < -0.39 is 11.2 Å². The summed E-state index contributed by atoms with van der Waals surface area (Å²) in [6, 6.07) is 0. The summed E-state index contributed by atoms with van der Waals surface area (Å²) in [5, 5.41) is 10.5. The molecule has 0 unspecified atom stereocenters. The van der Waals surface area contributed by atoms with Gasteiger partial charge in [-0.3, -0.25) is 0 Å². The second kappa shape index (κ2) is 8.43. The number of unbranched alkanes of at least 4 members (excludes halogenated alkanes) is 3. The average Bonchev–Trinajstić information content (AvgIpc) is 2.41. The van der Waals surface area contributed by atoms with Gasteiger partial charge in [-0.05, 0) is 40.0 Å². The number of nitrogens with zero attached hydrogens (tertiary/aromatic N) is 1. The zero-order chi connectivity index (χ0) is 16.6. The topological polar surface area (TPSA) is 49.8 Å². The van der Waals surface area contributed by atoms with Gasteiger partial charge in [0.2, 0.25) is 0 Å². The van der Waals surface area contributed by atoms with E-state index >= 15 is 0 Å². The Morgan fingerprint density at radius 3 is 2.41 bits per heavy atom. The van der Waals surface area contributed by atoms with Gasteiger partial charge < -0.3 is 14.7 Å². The monoisotopic (exact) mass is 309 g/mol. The molecule has 1 rings (SSSR count). The van der Waals surface area contributed by atoms with Gasteiger partial charge in [-0.15, -0.1) is 11.8 Å². The van der Waals surface area contributed by atoms with Crippen molar-refractivity contribution in [2.45, 2.75) is 83.8 Å². The van der Waals surface area contributed by atoms with Crippen LogP contribution in [-0.4, -0.2) is 40.4 Å². The minimum atomic E-state index is -0.754. The molecule has 0 aromatic rings. The Hall–Kier alpha value is -1.21.